The van der Waals surface area contributed by atoms with Crippen molar-refractivity contribution in [2.45, 2.75) is 19.8 Å². The summed E-state index contributed by atoms with van der Waals surface area (Å²) < 4.78 is 0. The number of rotatable bonds is 3. The molecule has 0 saturated carbocycles. The summed E-state index contributed by atoms with van der Waals surface area (Å²) in [6.45, 7) is 2.18. The predicted molar refractivity (Wildman–Crippen MR) is 76.8 cm³/mol. The van der Waals surface area contributed by atoms with Crippen LogP contribution < -0.4 is 0 Å². The Morgan fingerprint density at radius 2 is 2.00 bits per heavy atom. The van der Waals surface area contributed by atoms with E-state index >= 15 is 0 Å². The molecule has 0 aliphatic heterocycles. The molecule has 1 aromatic carbocycles. The Labute approximate surface area is 112 Å². The first-order valence-corrected chi connectivity index (χ1v) is 6.53. The summed E-state index contributed by atoms with van der Waals surface area (Å²) in [5.41, 5.74) is 3.27. The second kappa shape index (κ2) is 5.14. The lowest BCUT2D eigenvalue weighted by molar-refractivity contribution is 0.928. The highest BCUT2D eigenvalue weighted by Gasteiger charge is 2.05. The summed E-state index contributed by atoms with van der Waals surface area (Å²) in [4.78, 5) is 13.2. The maximum absolute atomic E-state index is 4.64. The number of hydrogen-bond acceptors (Lipinski definition) is 3. The SMILES string of the molecule is CCCc1cccc2nc(-c3cccnc3)ncc12. The molecule has 3 nitrogen and oxygen atoms in total. The van der Waals surface area contributed by atoms with Crippen LogP contribution in [0.15, 0.2) is 48.9 Å². The molecular formula is C16H15N3. The van der Waals surface area contributed by atoms with Crippen LogP contribution in [0.25, 0.3) is 22.3 Å². The maximum atomic E-state index is 4.64. The molecule has 0 fully saturated rings. The molecule has 3 heteroatoms. The zero-order valence-corrected chi connectivity index (χ0v) is 10.9. The zero-order chi connectivity index (χ0) is 13.1. The third kappa shape index (κ3) is 2.32. The van der Waals surface area contributed by atoms with E-state index in [4.69, 9.17) is 0 Å². The lowest BCUT2D eigenvalue weighted by Gasteiger charge is -2.06. The van der Waals surface area contributed by atoms with Crippen molar-refractivity contribution < 1.29 is 0 Å². The first-order valence-electron chi connectivity index (χ1n) is 6.53. The van der Waals surface area contributed by atoms with Gasteiger partial charge in [-0.3, -0.25) is 4.98 Å². The maximum Gasteiger partial charge on any atom is 0.161 e. The van der Waals surface area contributed by atoms with E-state index in [1.165, 1.54) is 5.56 Å². The van der Waals surface area contributed by atoms with Gasteiger partial charge in [-0.25, -0.2) is 9.97 Å². The van der Waals surface area contributed by atoms with Gasteiger partial charge in [0.05, 0.1) is 5.52 Å². The fraction of sp³-hybridized carbons (Fsp3) is 0.188. The second-order valence-corrected chi connectivity index (χ2v) is 4.54. The number of fused-ring (bicyclic) bond motifs is 1. The average Bonchev–Trinajstić information content (AvgIpc) is 2.48. The van der Waals surface area contributed by atoms with Gasteiger partial charge in [0, 0.05) is 29.5 Å². The molecule has 0 amide bonds. The molecule has 0 aliphatic rings. The van der Waals surface area contributed by atoms with E-state index in [9.17, 15) is 0 Å². The molecule has 0 aliphatic carbocycles. The van der Waals surface area contributed by atoms with E-state index < -0.39 is 0 Å². The summed E-state index contributed by atoms with van der Waals surface area (Å²) in [6.07, 6.45) is 7.66. The summed E-state index contributed by atoms with van der Waals surface area (Å²) in [6, 6.07) is 10.1. The molecular weight excluding hydrogens is 234 g/mol. The molecule has 0 unspecified atom stereocenters. The van der Waals surface area contributed by atoms with Crippen LogP contribution in [0.3, 0.4) is 0 Å². The van der Waals surface area contributed by atoms with Crippen LogP contribution in [0.5, 0.6) is 0 Å². The lowest BCUT2D eigenvalue weighted by atomic mass is 10.1. The number of hydrogen-bond donors (Lipinski definition) is 0. The van der Waals surface area contributed by atoms with Crippen LogP contribution >= 0.6 is 0 Å². The third-order valence-corrected chi connectivity index (χ3v) is 3.15. The molecule has 3 rings (SSSR count). The largest absolute Gasteiger partial charge is 0.264 e. The van der Waals surface area contributed by atoms with Crippen LogP contribution in [-0.2, 0) is 6.42 Å². The molecule has 19 heavy (non-hydrogen) atoms. The van der Waals surface area contributed by atoms with E-state index in [1.54, 1.807) is 12.4 Å². The van der Waals surface area contributed by atoms with E-state index in [0.717, 1.165) is 35.1 Å². The van der Waals surface area contributed by atoms with Crippen LogP contribution in [0.1, 0.15) is 18.9 Å². The molecule has 0 atom stereocenters. The minimum absolute atomic E-state index is 0.731. The van der Waals surface area contributed by atoms with Gasteiger partial charge in [0.1, 0.15) is 0 Å². The quantitative estimate of drug-likeness (QED) is 0.711. The number of benzene rings is 1. The van der Waals surface area contributed by atoms with Gasteiger partial charge < -0.3 is 0 Å². The second-order valence-electron chi connectivity index (χ2n) is 4.54. The normalized spacial score (nSPS) is 10.8. The highest BCUT2D eigenvalue weighted by atomic mass is 14.9. The van der Waals surface area contributed by atoms with Crippen molar-refractivity contribution in [3.63, 3.8) is 0 Å². The number of pyridine rings is 1. The van der Waals surface area contributed by atoms with Crippen LogP contribution in [0.4, 0.5) is 0 Å². The number of aromatic nitrogens is 3. The van der Waals surface area contributed by atoms with Gasteiger partial charge >= 0.3 is 0 Å². The Morgan fingerprint density at radius 1 is 1.05 bits per heavy atom. The number of aryl methyl sites for hydroxylation is 1. The molecule has 2 heterocycles. The molecule has 0 N–H and O–H groups in total. The monoisotopic (exact) mass is 249 g/mol. The number of nitrogens with zero attached hydrogens (tertiary/aromatic N) is 3. The Kier molecular flexibility index (Phi) is 3.19. The third-order valence-electron chi connectivity index (χ3n) is 3.15. The van der Waals surface area contributed by atoms with Gasteiger partial charge in [-0.05, 0) is 30.2 Å². The molecule has 0 radical (unpaired) electrons. The minimum Gasteiger partial charge on any atom is -0.264 e. The fourth-order valence-electron chi connectivity index (χ4n) is 2.24. The van der Waals surface area contributed by atoms with Crippen molar-refractivity contribution in [1.82, 2.24) is 15.0 Å². The highest BCUT2D eigenvalue weighted by Crippen LogP contribution is 2.21. The summed E-state index contributed by atoms with van der Waals surface area (Å²) in [5.74, 6) is 0.731. The Balaban J connectivity index is 2.12. The van der Waals surface area contributed by atoms with E-state index in [-0.39, 0.29) is 0 Å². The van der Waals surface area contributed by atoms with E-state index in [1.807, 2.05) is 24.4 Å². The molecule has 0 bridgehead atoms. The van der Waals surface area contributed by atoms with Crippen molar-refractivity contribution in [3.05, 3.63) is 54.5 Å². The first-order chi connectivity index (χ1) is 9.38. The minimum atomic E-state index is 0.731. The Hall–Kier alpha value is -2.29. The van der Waals surface area contributed by atoms with Crippen molar-refractivity contribution in [3.8, 4) is 11.4 Å². The van der Waals surface area contributed by atoms with Gasteiger partial charge in [-0.2, -0.15) is 0 Å². The van der Waals surface area contributed by atoms with Gasteiger partial charge in [0.25, 0.3) is 0 Å². The molecule has 2 aromatic heterocycles. The summed E-state index contributed by atoms with van der Waals surface area (Å²) in [5, 5.41) is 1.15. The Morgan fingerprint density at radius 3 is 2.79 bits per heavy atom. The fourth-order valence-corrected chi connectivity index (χ4v) is 2.24. The van der Waals surface area contributed by atoms with Crippen LogP contribution in [0, 0.1) is 0 Å². The van der Waals surface area contributed by atoms with E-state index in [2.05, 4.69) is 34.0 Å². The molecule has 0 saturated heterocycles. The zero-order valence-electron chi connectivity index (χ0n) is 10.9. The van der Waals surface area contributed by atoms with Gasteiger partial charge in [0.15, 0.2) is 5.82 Å². The predicted octanol–water partition coefficient (Wildman–Crippen LogP) is 3.64. The highest BCUT2D eigenvalue weighted by molar-refractivity contribution is 5.82. The average molecular weight is 249 g/mol. The molecule has 3 aromatic rings. The van der Waals surface area contributed by atoms with Gasteiger partial charge in [-0.15, -0.1) is 0 Å². The smallest absolute Gasteiger partial charge is 0.161 e. The van der Waals surface area contributed by atoms with Crippen LogP contribution in [0.2, 0.25) is 0 Å². The topological polar surface area (TPSA) is 38.7 Å². The molecule has 94 valence electrons. The Bertz CT molecular complexity index is 693. The standard InChI is InChI=1S/C16H15N3/c1-2-5-12-6-3-8-15-14(12)11-18-16(19-15)13-7-4-9-17-10-13/h3-4,6-11H,2,5H2,1H3. The summed E-state index contributed by atoms with van der Waals surface area (Å²) >= 11 is 0. The van der Waals surface area contributed by atoms with Crippen molar-refractivity contribution in [2.24, 2.45) is 0 Å². The van der Waals surface area contributed by atoms with Crippen LogP contribution in [-0.4, -0.2) is 15.0 Å². The summed E-state index contributed by atoms with van der Waals surface area (Å²) in [7, 11) is 0. The van der Waals surface area contributed by atoms with Crippen molar-refractivity contribution in [1.29, 1.82) is 0 Å². The first kappa shape index (κ1) is 11.8. The molecule has 0 spiro atoms. The van der Waals surface area contributed by atoms with Gasteiger partial charge in [-0.1, -0.05) is 25.5 Å². The lowest BCUT2D eigenvalue weighted by Crippen LogP contribution is -1.93. The van der Waals surface area contributed by atoms with Crippen molar-refractivity contribution >= 4 is 10.9 Å². The van der Waals surface area contributed by atoms with Crippen molar-refractivity contribution in [2.75, 3.05) is 0 Å². The van der Waals surface area contributed by atoms with E-state index in [0.29, 0.717) is 0 Å². The van der Waals surface area contributed by atoms with Gasteiger partial charge in [0.2, 0.25) is 0 Å².